The second kappa shape index (κ2) is 5.14. The van der Waals surface area contributed by atoms with Crippen LogP contribution < -0.4 is 0 Å². The monoisotopic (exact) mass is 297 g/mol. The van der Waals surface area contributed by atoms with Crippen LogP contribution in [0.25, 0.3) is 21.8 Å². The van der Waals surface area contributed by atoms with Crippen LogP contribution in [0.4, 0.5) is 5.69 Å². The number of rotatable bonds is 3. The van der Waals surface area contributed by atoms with E-state index in [2.05, 4.69) is 5.16 Å². The van der Waals surface area contributed by atoms with Crippen LogP contribution in [0.5, 0.6) is 0 Å². The summed E-state index contributed by atoms with van der Waals surface area (Å²) < 4.78 is 2.03. The average molecular weight is 297 g/mol. The van der Waals surface area contributed by atoms with Crippen molar-refractivity contribution in [2.24, 2.45) is 12.2 Å². The summed E-state index contributed by atoms with van der Waals surface area (Å²) in [4.78, 5) is 15.4. The van der Waals surface area contributed by atoms with Crippen LogP contribution in [-0.4, -0.2) is 22.3 Å². The van der Waals surface area contributed by atoms with E-state index in [1.807, 2.05) is 36.7 Å². The number of aromatic nitrogens is 1. The van der Waals surface area contributed by atoms with Crippen molar-refractivity contribution in [2.75, 3.05) is 7.11 Å². The molecule has 0 aliphatic carbocycles. The second-order valence-corrected chi connectivity index (χ2v) is 5.11. The van der Waals surface area contributed by atoms with E-state index < -0.39 is 0 Å². The van der Waals surface area contributed by atoms with Gasteiger partial charge in [-0.15, -0.1) is 0 Å². The van der Waals surface area contributed by atoms with E-state index in [-0.39, 0.29) is 10.6 Å². The summed E-state index contributed by atoms with van der Waals surface area (Å²) in [5.41, 5.74) is 3.75. The maximum absolute atomic E-state index is 11.0. The number of nitrogens with zero attached hydrogens (tertiary/aromatic N) is 3. The van der Waals surface area contributed by atoms with E-state index in [9.17, 15) is 10.1 Å². The molecule has 0 spiro atoms. The number of fused-ring (bicyclic) bond motifs is 3. The van der Waals surface area contributed by atoms with Gasteiger partial charge in [0, 0.05) is 41.0 Å². The summed E-state index contributed by atoms with van der Waals surface area (Å²) in [7, 11) is 3.45. The van der Waals surface area contributed by atoms with Gasteiger partial charge in [-0.3, -0.25) is 10.1 Å². The highest BCUT2D eigenvalue weighted by atomic mass is 16.6. The SMILES string of the molecule is CO/N=C(\C)c1ccc2c(c1)c1cc([N+](=O)[O-])ccc1n2C. The summed E-state index contributed by atoms with van der Waals surface area (Å²) >= 11 is 0. The molecule has 1 heterocycles. The van der Waals surface area contributed by atoms with Crippen molar-refractivity contribution in [3.8, 4) is 0 Å². The Balaban J connectivity index is 2.34. The van der Waals surface area contributed by atoms with Gasteiger partial charge in [-0.25, -0.2) is 0 Å². The summed E-state index contributed by atoms with van der Waals surface area (Å²) in [6.07, 6.45) is 0. The predicted octanol–water partition coefficient (Wildman–Crippen LogP) is 3.61. The number of non-ortho nitro benzene ring substituents is 1. The highest BCUT2D eigenvalue weighted by molar-refractivity contribution is 6.11. The fraction of sp³-hybridized carbons (Fsp3) is 0.188. The van der Waals surface area contributed by atoms with Gasteiger partial charge in [0.05, 0.1) is 10.6 Å². The van der Waals surface area contributed by atoms with Gasteiger partial charge in [-0.05, 0) is 30.7 Å². The van der Waals surface area contributed by atoms with E-state index >= 15 is 0 Å². The van der Waals surface area contributed by atoms with Gasteiger partial charge >= 0.3 is 0 Å². The maximum Gasteiger partial charge on any atom is 0.270 e. The van der Waals surface area contributed by atoms with Gasteiger partial charge < -0.3 is 9.40 Å². The molecule has 0 aliphatic rings. The molecule has 112 valence electrons. The first-order valence-electron chi connectivity index (χ1n) is 6.77. The molecule has 0 fully saturated rings. The summed E-state index contributed by atoms with van der Waals surface area (Å²) in [6.45, 7) is 1.86. The molecule has 2 aromatic carbocycles. The van der Waals surface area contributed by atoms with Crippen LogP contribution in [0.15, 0.2) is 41.6 Å². The molecule has 6 nitrogen and oxygen atoms in total. The van der Waals surface area contributed by atoms with Crippen molar-refractivity contribution >= 4 is 33.2 Å². The lowest BCUT2D eigenvalue weighted by molar-refractivity contribution is -0.384. The first kappa shape index (κ1) is 14.1. The van der Waals surface area contributed by atoms with Crippen LogP contribution >= 0.6 is 0 Å². The van der Waals surface area contributed by atoms with Crippen LogP contribution in [0.1, 0.15) is 12.5 Å². The zero-order valence-corrected chi connectivity index (χ0v) is 12.5. The lowest BCUT2D eigenvalue weighted by atomic mass is 10.1. The van der Waals surface area contributed by atoms with Crippen LogP contribution in [0, 0.1) is 10.1 Å². The third-order valence-electron chi connectivity index (χ3n) is 3.85. The zero-order chi connectivity index (χ0) is 15.9. The summed E-state index contributed by atoms with van der Waals surface area (Å²) in [6, 6.07) is 10.9. The maximum atomic E-state index is 11.0. The first-order valence-corrected chi connectivity index (χ1v) is 6.77. The zero-order valence-electron chi connectivity index (χ0n) is 12.5. The normalized spacial score (nSPS) is 12.0. The van der Waals surface area contributed by atoms with Crippen molar-refractivity contribution in [1.29, 1.82) is 0 Å². The standard InChI is InChI=1S/C16H15N3O3/c1-10(17-22-3)11-4-6-15-13(8-11)14-9-12(19(20)21)5-7-16(14)18(15)2/h4-9H,1-3H3/b17-10+. The number of aryl methyl sites for hydroxylation is 1. The van der Waals surface area contributed by atoms with E-state index in [1.165, 1.54) is 13.2 Å². The van der Waals surface area contributed by atoms with Gasteiger partial charge in [0.1, 0.15) is 7.11 Å². The fourth-order valence-electron chi connectivity index (χ4n) is 2.73. The van der Waals surface area contributed by atoms with E-state index in [0.717, 1.165) is 33.1 Å². The molecule has 1 aromatic heterocycles. The first-order chi connectivity index (χ1) is 10.5. The van der Waals surface area contributed by atoms with Gasteiger partial charge in [0.25, 0.3) is 5.69 Å². The molecule has 0 saturated carbocycles. The minimum absolute atomic E-state index is 0.0904. The van der Waals surface area contributed by atoms with Gasteiger partial charge in [-0.2, -0.15) is 0 Å². The Morgan fingerprint density at radius 3 is 2.45 bits per heavy atom. The van der Waals surface area contributed by atoms with Gasteiger partial charge in [0.2, 0.25) is 0 Å². The molecule has 0 unspecified atom stereocenters. The molecular formula is C16H15N3O3. The molecular weight excluding hydrogens is 282 g/mol. The number of hydrogen-bond donors (Lipinski definition) is 0. The Bertz CT molecular complexity index is 925. The van der Waals surface area contributed by atoms with Crippen LogP contribution in [0.2, 0.25) is 0 Å². The van der Waals surface area contributed by atoms with Crippen molar-refractivity contribution in [2.45, 2.75) is 6.92 Å². The molecule has 0 bridgehead atoms. The highest BCUT2D eigenvalue weighted by Gasteiger charge is 2.14. The van der Waals surface area contributed by atoms with Crippen molar-refractivity contribution < 1.29 is 9.76 Å². The molecule has 0 radical (unpaired) electrons. The average Bonchev–Trinajstić information content (AvgIpc) is 2.80. The van der Waals surface area contributed by atoms with E-state index in [1.54, 1.807) is 12.1 Å². The molecule has 22 heavy (non-hydrogen) atoms. The lowest BCUT2D eigenvalue weighted by Crippen LogP contribution is -1.95. The molecule has 3 rings (SSSR count). The predicted molar refractivity (Wildman–Crippen MR) is 86.3 cm³/mol. The van der Waals surface area contributed by atoms with Crippen LogP contribution in [0.3, 0.4) is 0 Å². The number of nitro benzene ring substituents is 1. The summed E-state index contributed by atoms with van der Waals surface area (Å²) in [5.74, 6) is 0. The van der Waals surface area contributed by atoms with E-state index in [0.29, 0.717) is 0 Å². The summed E-state index contributed by atoms with van der Waals surface area (Å²) in [5, 5.41) is 16.8. The number of hydrogen-bond acceptors (Lipinski definition) is 4. The molecule has 0 atom stereocenters. The molecule has 0 aliphatic heterocycles. The molecule has 0 N–H and O–H groups in total. The van der Waals surface area contributed by atoms with Gasteiger partial charge in [-0.1, -0.05) is 11.2 Å². The largest absolute Gasteiger partial charge is 0.399 e. The van der Waals surface area contributed by atoms with Crippen molar-refractivity contribution in [1.82, 2.24) is 4.57 Å². The minimum atomic E-state index is -0.375. The van der Waals surface area contributed by atoms with Gasteiger partial charge in [0.15, 0.2) is 0 Å². The fourth-order valence-corrected chi connectivity index (χ4v) is 2.73. The van der Waals surface area contributed by atoms with Crippen molar-refractivity contribution in [3.63, 3.8) is 0 Å². The van der Waals surface area contributed by atoms with Crippen molar-refractivity contribution in [3.05, 3.63) is 52.1 Å². The number of benzene rings is 2. The lowest BCUT2D eigenvalue weighted by Gasteiger charge is -2.01. The third-order valence-corrected chi connectivity index (χ3v) is 3.85. The highest BCUT2D eigenvalue weighted by Crippen LogP contribution is 2.31. The quantitative estimate of drug-likeness (QED) is 0.421. The molecule has 0 saturated heterocycles. The number of nitro groups is 1. The van der Waals surface area contributed by atoms with Crippen LogP contribution in [-0.2, 0) is 11.9 Å². The Kier molecular flexibility index (Phi) is 3.29. The Morgan fingerprint density at radius 1 is 1.18 bits per heavy atom. The number of oxime groups is 1. The Labute approximate surface area is 126 Å². The van der Waals surface area contributed by atoms with E-state index in [4.69, 9.17) is 4.84 Å². The smallest absolute Gasteiger partial charge is 0.270 e. The minimum Gasteiger partial charge on any atom is -0.399 e. The molecule has 0 amide bonds. The third kappa shape index (κ3) is 2.09. The topological polar surface area (TPSA) is 69.7 Å². The molecule has 6 heteroatoms. The Morgan fingerprint density at radius 2 is 1.82 bits per heavy atom. The second-order valence-electron chi connectivity index (χ2n) is 5.11. The molecule has 3 aromatic rings. The Hall–Kier alpha value is -2.89.